The zero-order valence-electron chi connectivity index (χ0n) is 14.5. The second-order valence-electron chi connectivity index (χ2n) is 5.64. The minimum absolute atomic E-state index is 0.0418. The smallest absolute Gasteiger partial charge is 0.233 e. The van der Waals surface area contributed by atoms with E-state index in [1.807, 2.05) is 41.1 Å². The van der Waals surface area contributed by atoms with Crippen LogP contribution >= 0.6 is 23.1 Å². The van der Waals surface area contributed by atoms with Gasteiger partial charge in [0, 0.05) is 13.6 Å². The van der Waals surface area contributed by atoms with Gasteiger partial charge in [0.15, 0.2) is 0 Å². The van der Waals surface area contributed by atoms with Crippen molar-refractivity contribution in [1.29, 1.82) is 0 Å². The first kappa shape index (κ1) is 18.4. The van der Waals surface area contributed by atoms with Crippen LogP contribution in [0.5, 0.6) is 5.75 Å². The molecule has 0 saturated heterocycles. The van der Waals surface area contributed by atoms with Crippen LogP contribution in [0.4, 0.5) is 0 Å². The molecule has 0 bridgehead atoms. The van der Waals surface area contributed by atoms with Crippen molar-refractivity contribution in [3.8, 4) is 5.75 Å². The molecule has 9 heteroatoms. The quantitative estimate of drug-likeness (QED) is 0.551. The van der Waals surface area contributed by atoms with Crippen LogP contribution in [0.3, 0.4) is 0 Å². The molecule has 0 aliphatic rings. The number of aromatic nitrogens is 4. The molecule has 0 atom stereocenters. The van der Waals surface area contributed by atoms with Crippen molar-refractivity contribution in [3.63, 3.8) is 0 Å². The van der Waals surface area contributed by atoms with E-state index < -0.39 is 0 Å². The topological polar surface area (TPSA) is 73.1 Å². The van der Waals surface area contributed by atoms with Gasteiger partial charge in [0.25, 0.3) is 0 Å². The SMILES string of the molecule is COc1ccc(Cn2nnnc2SCC(=O)N(C)Cc2ccsc2)cc1. The summed E-state index contributed by atoms with van der Waals surface area (Å²) in [6.07, 6.45) is 0. The minimum Gasteiger partial charge on any atom is -0.497 e. The molecule has 26 heavy (non-hydrogen) atoms. The Hall–Kier alpha value is -2.39. The summed E-state index contributed by atoms with van der Waals surface area (Å²) in [4.78, 5) is 14.0. The van der Waals surface area contributed by atoms with Crippen LogP contribution in [0.1, 0.15) is 11.1 Å². The first-order valence-electron chi connectivity index (χ1n) is 7.92. The van der Waals surface area contributed by atoms with Crippen LogP contribution in [0.2, 0.25) is 0 Å². The van der Waals surface area contributed by atoms with Crippen LogP contribution < -0.4 is 4.74 Å². The summed E-state index contributed by atoms with van der Waals surface area (Å²) >= 11 is 2.97. The molecule has 3 rings (SSSR count). The highest BCUT2D eigenvalue weighted by molar-refractivity contribution is 7.99. The Labute approximate surface area is 160 Å². The van der Waals surface area contributed by atoms with Gasteiger partial charge in [-0.15, -0.1) is 5.10 Å². The lowest BCUT2D eigenvalue weighted by Crippen LogP contribution is -2.27. The van der Waals surface area contributed by atoms with Gasteiger partial charge in [-0.3, -0.25) is 4.79 Å². The van der Waals surface area contributed by atoms with E-state index in [1.165, 1.54) is 11.8 Å². The Morgan fingerprint density at radius 2 is 2.08 bits per heavy atom. The van der Waals surface area contributed by atoms with E-state index in [-0.39, 0.29) is 5.91 Å². The van der Waals surface area contributed by atoms with Crippen LogP contribution in [-0.2, 0) is 17.9 Å². The fraction of sp³-hybridized carbons (Fsp3) is 0.294. The highest BCUT2D eigenvalue weighted by Crippen LogP contribution is 2.18. The summed E-state index contributed by atoms with van der Waals surface area (Å²) < 4.78 is 6.85. The maximum atomic E-state index is 12.3. The number of tetrazole rings is 1. The van der Waals surface area contributed by atoms with Gasteiger partial charge in [-0.1, -0.05) is 23.9 Å². The summed E-state index contributed by atoms with van der Waals surface area (Å²) in [6.45, 7) is 1.15. The third-order valence-electron chi connectivity index (χ3n) is 3.74. The Balaban J connectivity index is 1.55. The normalized spacial score (nSPS) is 10.7. The first-order valence-corrected chi connectivity index (χ1v) is 9.85. The Kier molecular flexibility index (Phi) is 6.24. The van der Waals surface area contributed by atoms with Gasteiger partial charge in [-0.2, -0.15) is 11.3 Å². The predicted molar refractivity (Wildman–Crippen MR) is 101 cm³/mol. The van der Waals surface area contributed by atoms with Crippen molar-refractivity contribution in [2.45, 2.75) is 18.2 Å². The lowest BCUT2D eigenvalue weighted by molar-refractivity contribution is -0.127. The summed E-state index contributed by atoms with van der Waals surface area (Å²) in [5.41, 5.74) is 2.20. The molecule has 2 aromatic heterocycles. The fourth-order valence-corrected chi connectivity index (χ4v) is 3.76. The summed E-state index contributed by atoms with van der Waals surface area (Å²) in [5.74, 6) is 1.14. The number of rotatable bonds is 8. The molecule has 0 aliphatic heterocycles. The molecule has 0 fully saturated rings. The molecular weight excluding hydrogens is 370 g/mol. The highest BCUT2D eigenvalue weighted by Gasteiger charge is 2.14. The van der Waals surface area contributed by atoms with Gasteiger partial charge in [0.2, 0.25) is 11.1 Å². The van der Waals surface area contributed by atoms with Crippen molar-refractivity contribution >= 4 is 29.0 Å². The number of methoxy groups -OCH3 is 1. The number of ether oxygens (including phenoxy) is 1. The number of carbonyl (C=O) groups excluding carboxylic acids is 1. The highest BCUT2D eigenvalue weighted by atomic mass is 32.2. The third kappa shape index (κ3) is 4.83. The fourth-order valence-electron chi connectivity index (χ4n) is 2.28. The van der Waals surface area contributed by atoms with E-state index in [0.29, 0.717) is 24.0 Å². The molecule has 0 radical (unpaired) electrons. The number of nitrogens with zero attached hydrogens (tertiary/aromatic N) is 5. The van der Waals surface area contributed by atoms with Crippen molar-refractivity contribution in [3.05, 3.63) is 52.2 Å². The zero-order valence-corrected chi connectivity index (χ0v) is 16.2. The molecule has 1 aromatic carbocycles. The average Bonchev–Trinajstić information content (AvgIpc) is 3.32. The van der Waals surface area contributed by atoms with Gasteiger partial charge >= 0.3 is 0 Å². The second kappa shape index (κ2) is 8.81. The molecule has 136 valence electrons. The minimum atomic E-state index is 0.0418. The molecular formula is C17H19N5O2S2. The van der Waals surface area contributed by atoms with E-state index in [1.54, 1.807) is 35.1 Å². The van der Waals surface area contributed by atoms with Crippen LogP contribution in [-0.4, -0.2) is 50.9 Å². The van der Waals surface area contributed by atoms with Gasteiger partial charge in [-0.05, 0) is 50.5 Å². The number of hydrogen-bond acceptors (Lipinski definition) is 7. The number of amides is 1. The van der Waals surface area contributed by atoms with E-state index in [0.717, 1.165) is 16.9 Å². The van der Waals surface area contributed by atoms with Crippen molar-refractivity contribution in [2.75, 3.05) is 19.9 Å². The predicted octanol–water partition coefficient (Wildman–Crippen LogP) is 2.54. The molecule has 2 heterocycles. The number of carbonyl (C=O) groups is 1. The maximum Gasteiger partial charge on any atom is 0.233 e. The van der Waals surface area contributed by atoms with Crippen LogP contribution in [0, 0.1) is 0 Å². The van der Waals surface area contributed by atoms with Gasteiger partial charge in [0.05, 0.1) is 19.4 Å². The summed E-state index contributed by atoms with van der Waals surface area (Å²) in [5, 5.41) is 16.5. The molecule has 1 amide bonds. The van der Waals surface area contributed by atoms with Gasteiger partial charge in [0.1, 0.15) is 5.75 Å². The van der Waals surface area contributed by atoms with Gasteiger partial charge in [-0.25, -0.2) is 4.68 Å². The van der Waals surface area contributed by atoms with E-state index in [2.05, 4.69) is 15.5 Å². The summed E-state index contributed by atoms with van der Waals surface area (Å²) in [6, 6.07) is 9.76. The monoisotopic (exact) mass is 389 g/mol. The molecule has 0 unspecified atom stereocenters. The number of thiophene rings is 1. The number of thioether (sulfide) groups is 1. The lowest BCUT2D eigenvalue weighted by atomic mass is 10.2. The van der Waals surface area contributed by atoms with Crippen molar-refractivity contribution < 1.29 is 9.53 Å². The van der Waals surface area contributed by atoms with E-state index >= 15 is 0 Å². The first-order chi connectivity index (χ1) is 12.7. The molecule has 0 spiro atoms. The summed E-state index contributed by atoms with van der Waals surface area (Å²) in [7, 11) is 3.44. The lowest BCUT2D eigenvalue weighted by Gasteiger charge is -2.16. The Morgan fingerprint density at radius 1 is 1.27 bits per heavy atom. The van der Waals surface area contributed by atoms with Crippen molar-refractivity contribution in [1.82, 2.24) is 25.1 Å². The van der Waals surface area contributed by atoms with Crippen molar-refractivity contribution in [2.24, 2.45) is 0 Å². The average molecular weight is 390 g/mol. The Morgan fingerprint density at radius 3 is 2.77 bits per heavy atom. The number of hydrogen-bond donors (Lipinski definition) is 0. The number of benzene rings is 1. The van der Waals surface area contributed by atoms with Crippen LogP contribution in [0.25, 0.3) is 0 Å². The second-order valence-corrected chi connectivity index (χ2v) is 7.36. The molecule has 0 saturated carbocycles. The largest absolute Gasteiger partial charge is 0.497 e. The molecule has 0 aliphatic carbocycles. The van der Waals surface area contributed by atoms with Crippen LogP contribution in [0.15, 0.2) is 46.2 Å². The van der Waals surface area contributed by atoms with E-state index in [9.17, 15) is 4.79 Å². The molecule has 0 N–H and O–H groups in total. The molecule has 7 nitrogen and oxygen atoms in total. The third-order valence-corrected chi connectivity index (χ3v) is 5.41. The molecule has 3 aromatic rings. The zero-order chi connectivity index (χ0) is 18.4. The van der Waals surface area contributed by atoms with E-state index in [4.69, 9.17) is 4.74 Å². The van der Waals surface area contributed by atoms with Gasteiger partial charge < -0.3 is 9.64 Å². The maximum absolute atomic E-state index is 12.3. The standard InChI is InChI=1S/C17H19N5O2S2/c1-21(9-14-7-8-25-11-14)16(23)12-26-17-18-19-20-22(17)10-13-3-5-15(24-2)6-4-13/h3-8,11H,9-10,12H2,1-2H3. The Bertz CT molecular complexity index is 833.